The number of amides is 1. The Morgan fingerprint density at radius 3 is 2.21 bits per heavy atom. The van der Waals surface area contributed by atoms with Crippen LogP contribution in [0.2, 0.25) is 0 Å². The van der Waals surface area contributed by atoms with E-state index in [-0.39, 0.29) is 17.1 Å². The molecule has 124 valence electrons. The number of ether oxygens (including phenoxy) is 2. The summed E-state index contributed by atoms with van der Waals surface area (Å²) >= 11 is 0. The van der Waals surface area contributed by atoms with Gasteiger partial charge in [-0.05, 0) is 23.8 Å². The summed E-state index contributed by atoms with van der Waals surface area (Å²) in [6.45, 7) is 2.82. The molecule has 6 nitrogen and oxygen atoms in total. The molecule has 0 unspecified atom stereocenters. The van der Waals surface area contributed by atoms with E-state index < -0.39 is 17.8 Å². The fourth-order valence-corrected chi connectivity index (χ4v) is 2.03. The van der Waals surface area contributed by atoms with Gasteiger partial charge in [0, 0.05) is 20.4 Å². The topological polar surface area (TPSA) is 81.7 Å². The predicted octanol–water partition coefficient (Wildman–Crippen LogP) is 2.47. The van der Waals surface area contributed by atoms with Crippen LogP contribution in [0.1, 0.15) is 29.8 Å². The van der Waals surface area contributed by atoms with Gasteiger partial charge in [0.25, 0.3) is 5.91 Å². The summed E-state index contributed by atoms with van der Waals surface area (Å²) in [4.78, 5) is 34.7. The van der Waals surface area contributed by atoms with E-state index in [1.54, 1.807) is 0 Å². The largest absolute Gasteiger partial charge is 0.427 e. The Kier molecular flexibility index (Phi) is 5.68. The second kappa shape index (κ2) is 7.92. The van der Waals surface area contributed by atoms with E-state index in [1.165, 1.54) is 32.0 Å². The van der Waals surface area contributed by atoms with Crippen LogP contribution in [-0.4, -0.2) is 17.8 Å². The maximum atomic E-state index is 12.4. The van der Waals surface area contributed by atoms with Crippen LogP contribution in [0.15, 0.2) is 48.5 Å². The Hall–Kier alpha value is -3.15. The highest BCUT2D eigenvalue weighted by atomic mass is 16.5. The van der Waals surface area contributed by atoms with Gasteiger partial charge in [-0.25, -0.2) is 0 Å². The van der Waals surface area contributed by atoms with E-state index in [0.29, 0.717) is 6.54 Å². The van der Waals surface area contributed by atoms with Gasteiger partial charge < -0.3 is 14.8 Å². The first-order valence-corrected chi connectivity index (χ1v) is 7.28. The van der Waals surface area contributed by atoms with Crippen molar-refractivity contribution in [3.05, 3.63) is 59.7 Å². The zero-order valence-corrected chi connectivity index (χ0v) is 13.4. The molecule has 6 heteroatoms. The minimum atomic E-state index is -0.549. The summed E-state index contributed by atoms with van der Waals surface area (Å²) in [5.41, 5.74) is 1.04. The van der Waals surface area contributed by atoms with E-state index in [9.17, 15) is 14.4 Å². The summed E-state index contributed by atoms with van der Waals surface area (Å²) in [6, 6.07) is 13.6. The molecule has 1 amide bonds. The number of carbonyl (C=O) groups excluding carboxylic acids is 3. The summed E-state index contributed by atoms with van der Waals surface area (Å²) < 4.78 is 10.0. The lowest BCUT2D eigenvalue weighted by Crippen LogP contribution is -2.24. The molecule has 2 rings (SSSR count). The van der Waals surface area contributed by atoms with Crippen molar-refractivity contribution in [1.29, 1.82) is 0 Å². The van der Waals surface area contributed by atoms with E-state index in [1.807, 2.05) is 30.3 Å². The standard InChI is InChI=1S/C18H17NO5/c1-12(20)23-15-8-9-17(24-13(2)21)16(10-15)18(22)19-11-14-6-4-3-5-7-14/h3-10H,11H2,1-2H3,(H,19,22). The lowest BCUT2D eigenvalue weighted by atomic mass is 10.1. The monoisotopic (exact) mass is 327 g/mol. The molecule has 0 fully saturated rings. The second-order valence-electron chi connectivity index (χ2n) is 5.01. The van der Waals surface area contributed by atoms with E-state index in [4.69, 9.17) is 9.47 Å². The first kappa shape index (κ1) is 17.2. The van der Waals surface area contributed by atoms with Gasteiger partial charge in [-0.3, -0.25) is 14.4 Å². The van der Waals surface area contributed by atoms with Crippen molar-refractivity contribution in [2.75, 3.05) is 0 Å². The lowest BCUT2D eigenvalue weighted by molar-refractivity contribution is -0.133. The molecule has 0 heterocycles. The molecule has 1 N–H and O–H groups in total. The SMILES string of the molecule is CC(=O)Oc1ccc(OC(C)=O)c(C(=O)NCc2ccccc2)c1. The second-order valence-corrected chi connectivity index (χ2v) is 5.01. The maximum absolute atomic E-state index is 12.4. The van der Waals surface area contributed by atoms with Gasteiger partial charge in [-0.15, -0.1) is 0 Å². The molecule has 0 saturated carbocycles. The fraction of sp³-hybridized carbons (Fsp3) is 0.167. The minimum absolute atomic E-state index is 0.101. The number of esters is 2. The van der Waals surface area contributed by atoms with Crippen molar-refractivity contribution in [3.63, 3.8) is 0 Å². The molecule has 2 aromatic rings. The number of hydrogen-bond acceptors (Lipinski definition) is 5. The molecule has 0 aliphatic heterocycles. The molecule has 24 heavy (non-hydrogen) atoms. The van der Waals surface area contributed by atoms with Crippen LogP contribution in [0.4, 0.5) is 0 Å². The third-order valence-corrected chi connectivity index (χ3v) is 3.01. The van der Waals surface area contributed by atoms with Crippen molar-refractivity contribution >= 4 is 17.8 Å². The molecule has 0 radical (unpaired) electrons. The summed E-state index contributed by atoms with van der Waals surface area (Å²) in [5, 5.41) is 2.74. The van der Waals surface area contributed by atoms with Gasteiger partial charge in [-0.1, -0.05) is 30.3 Å². The van der Waals surface area contributed by atoms with Crippen molar-refractivity contribution < 1.29 is 23.9 Å². The van der Waals surface area contributed by atoms with Crippen molar-refractivity contribution in [3.8, 4) is 11.5 Å². The molecule has 2 aromatic carbocycles. The summed E-state index contributed by atoms with van der Waals surface area (Å²) in [7, 11) is 0. The van der Waals surface area contributed by atoms with Gasteiger partial charge in [0.05, 0.1) is 5.56 Å². The van der Waals surface area contributed by atoms with E-state index >= 15 is 0 Å². The lowest BCUT2D eigenvalue weighted by Gasteiger charge is -2.11. The Bertz CT molecular complexity index is 755. The van der Waals surface area contributed by atoms with E-state index in [2.05, 4.69) is 5.32 Å². The molecular formula is C18H17NO5. The van der Waals surface area contributed by atoms with Crippen molar-refractivity contribution in [2.24, 2.45) is 0 Å². The normalized spacial score (nSPS) is 9.92. The van der Waals surface area contributed by atoms with Crippen LogP contribution < -0.4 is 14.8 Å². The number of benzene rings is 2. The third-order valence-electron chi connectivity index (χ3n) is 3.01. The zero-order valence-electron chi connectivity index (χ0n) is 13.4. The van der Waals surface area contributed by atoms with Gasteiger partial charge >= 0.3 is 11.9 Å². The van der Waals surface area contributed by atoms with Gasteiger partial charge in [0.2, 0.25) is 0 Å². The average Bonchev–Trinajstić information content (AvgIpc) is 2.54. The van der Waals surface area contributed by atoms with Crippen LogP contribution in [-0.2, 0) is 16.1 Å². The predicted molar refractivity (Wildman–Crippen MR) is 86.7 cm³/mol. The molecule has 0 aromatic heterocycles. The average molecular weight is 327 g/mol. The molecule has 0 atom stereocenters. The van der Waals surface area contributed by atoms with Gasteiger partial charge in [-0.2, -0.15) is 0 Å². The van der Waals surface area contributed by atoms with Crippen LogP contribution in [0, 0.1) is 0 Å². The van der Waals surface area contributed by atoms with Crippen LogP contribution in [0.5, 0.6) is 11.5 Å². The van der Waals surface area contributed by atoms with Crippen molar-refractivity contribution in [2.45, 2.75) is 20.4 Å². The summed E-state index contributed by atoms with van der Waals surface area (Å²) in [6.07, 6.45) is 0. The van der Waals surface area contributed by atoms with Crippen molar-refractivity contribution in [1.82, 2.24) is 5.32 Å². The first-order chi connectivity index (χ1) is 11.5. The number of nitrogens with one attached hydrogen (secondary N) is 1. The molecule has 0 saturated heterocycles. The molecule has 0 spiro atoms. The van der Waals surface area contributed by atoms with E-state index in [0.717, 1.165) is 5.56 Å². The quantitative estimate of drug-likeness (QED) is 0.674. The van der Waals surface area contributed by atoms with Crippen LogP contribution in [0.3, 0.4) is 0 Å². The Morgan fingerprint density at radius 2 is 1.58 bits per heavy atom. The molecule has 0 aliphatic rings. The zero-order chi connectivity index (χ0) is 17.5. The van der Waals surface area contributed by atoms with Gasteiger partial charge in [0.15, 0.2) is 0 Å². The number of hydrogen-bond donors (Lipinski definition) is 1. The molecule has 0 bridgehead atoms. The third kappa shape index (κ3) is 4.95. The molecule has 0 aliphatic carbocycles. The van der Waals surface area contributed by atoms with Crippen LogP contribution in [0.25, 0.3) is 0 Å². The Balaban J connectivity index is 2.21. The van der Waals surface area contributed by atoms with Crippen LogP contribution >= 0.6 is 0 Å². The number of carbonyl (C=O) groups is 3. The minimum Gasteiger partial charge on any atom is -0.427 e. The molecular weight excluding hydrogens is 310 g/mol. The highest BCUT2D eigenvalue weighted by Gasteiger charge is 2.16. The fourth-order valence-electron chi connectivity index (χ4n) is 2.03. The highest BCUT2D eigenvalue weighted by Crippen LogP contribution is 2.25. The Morgan fingerprint density at radius 1 is 0.917 bits per heavy atom. The number of rotatable bonds is 5. The first-order valence-electron chi connectivity index (χ1n) is 7.28. The summed E-state index contributed by atoms with van der Waals surface area (Å²) in [5.74, 6) is -1.20. The smallest absolute Gasteiger partial charge is 0.308 e. The van der Waals surface area contributed by atoms with Gasteiger partial charge in [0.1, 0.15) is 11.5 Å². The highest BCUT2D eigenvalue weighted by molar-refractivity contribution is 5.98. The maximum Gasteiger partial charge on any atom is 0.308 e. The Labute approximate surface area is 139 Å².